The monoisotopic (exact) mass is 526 g/mol. The van der Waals surface area contributed by atoms with E-state index in [0.29, 0.717) is 11.1 Å². The van der Waals surface area contributed by atoms with Gasteiger partial charge < -0.3 is 0 Å². The van der Waals surface area contributed by atoms with Gasteiger partial charge >= 0.3 is 0 Å². The third-order valence-electron chi connectivity index (χ3n) is 3.91. The molecule has 0 heterocycles. The molecule has 0 aliphatic carbocycles. The van der Waals surface area contributed by atoms with Gasteiger partial charge in [0, 0.05) is 20.1 Å². The summed E-state index contributed by atoms with van der Waals surface area (Å²) in [4.78, 5) is 24.0. The molecule has 0 radical (unpaired) electrons. The van der Waals surface area contributed by atoms with Crippen molar-refractivity contribution in [2.75, 3.05) is 0 Å². The van der Waals surface area contributed by atoms with Gasteiger partial charge in [0.15, 0.2) is 0 Å². The average Bonchev–Trinajstić information content (AvgIpc) is 2.75. The molecule has 2 N–H and O–H groups in total. The van der Waals surface area contributed by atoms with E-state index in [1.54, 1.807) is 61.0 Å². The first-order chi connectivity index (χ1) is 14.5. The van der Waals surface area contributed by atoms with Crippen molar-refractivity contribution in [3.63, 3.8) is 0 Å². The number of nitrogens with zero attached hydrogens (tertiary/aromatic N) is 2. The molecule has 3 aromatic carbocycles. The van der Waals surface area contributed by atoms with E-state index in [2.05, 4.69) is 52.9 Å². The van der Waals surface area contributed by atoms with Crippen LogP contribution in [-0.2, 0) is 0 Å². The second kappa shape index (κ2) is 10.6. The van der Waals surface area contributed by atoms with Crippen molar-refractivity contribution in [1.82, 2.24) is 10.9 Å². The summed E-state index contributed by atoms with van der Waals surface area (Å²) in [5.74, 6) is -0.576. The number of amides is 2. The van der Waals surface area contributed by atoms with E-state index in [0.717, 1.165) is 20.1 Å². The van der Waals surface area contributed by atoms with Gasteiger partial charge in [-0.25, -0.2) is 10.9 Å². The molecular weight excluding hydrogens is 512 g/mol. The lowest BCUT2D eigenvalue weighted by Gasteiger charge is -2.01. The van der Waals surface area contributed by atoms with Crippen LogP contribution in [0.15, 0.2) is 91.9 Å². The van der Waals surface area contributed by atoms with E-state index in [1.807, 2.05) is 24.3 Å². The van der Waals surface area contributed by atoms with Crippen molar-refractivity contribution in [2.24, 2.45) is 10.2 Å². The van der Waals surface area contributed by atoms with Gasteiger partial charge in [0.05, 0.1) is 12.4 Å². The van der Waals surface area contributed by atoms with Gasteiger partial charge in [0.1, 0.15) is 0 Å². The summed E-state index contributed by atoms with van der Waals surface area (Å²) in [5, 5.41) is 7.93. The molecule has 0 saturated heterocycles. The lowest BCUT2D eigenvalue weighted by Crippen LogP contribution is -2.17. The highest BCUT2D eigenvalue weighted by atomic mass is 79.9. The Labute approximate surface area is 190 Å². The molecule has 0 aliphatic heterocycles. The molecule has 3 aromatic rings. The first-order valence-corrected chi connectivity index (χ1v) is 10.4. The molecule has 0 fully saturated rings. The lowest BCUT2D eigenvalue weighted by molar-refractivity contribution is 0.0947. The van der Waals surface area contributed by atoms with Crippen LogP contribution in [-0.4, -0.2) is 24.2 Å². The van der Waals surface area contributed by atoms with E-state index >= 15 is 0 Å². The number of carbonyl (C=O) groups excluding carboxylic acids is 2. The molecule has 30 heavy (non-hydrogen) atoms. The maximum absolute atomic E-state index is 12.0. The van der Waals surface area contributed by atoms with E-state index < -0.39 is 0 Å². The second-order valence-corrected chi connectivity index (χ2v) is 7.91. The minimum absolute atomic E-state index is 0.288. The molecule has 8 heteroatoms. The number of carbonyl (C=O) groups is 2. The van der Waals surface area contributed by atoms with Gasteiger partial charge in [-0.05, 0) is 59.7 Å². The van der Waals surface area contributed by atoms with E-state index in [9.17, 15) is 9.59 Å². The number of benzene rings is 3. The van der Waals surface area contributed by atoms with Crippen LogP contribution in [0.25, 0.3) is 0 Å². The summed E-state index contributed by atoms with van der Waals surface area (Å²) < 4.78 is 1.80. The van der Waals surface area contributed by atoms with E-state index in [1.165, 1.54) is 0 Å². The van der Waals surface area contributed by atoms with E-state index in [-0.39, 0.29) is 11.8 Å². The molecule has 0 aromatic heterocycles. The van der Waals surface area contributed by atoms with Crippen molar-refractivity contribution >= 4 is 56.1 Å². The largest absolute Gasteiger partial charge is 0.271 e. The Bertz CT molecular complexity index is 989. The Kier molecular flexibility index (Phi) is 7.64. The molecule has 0 bridgehead atoms. The topological polar surface area (TPSA) is 82.9 Å². The van der Waals surface area contributed by atoms with Crippen molar-refractivity contribution in [3.8, 4) is 0 Å². The van der Waals surface area contributed by atoms with Crippen molar-refractivity contribution < 1.29 is 9.59 Å². The number of hydrogen-bond acceptors (Lipinski definition) is 4. The second-order valence-electron chi connectivity index (χ2n) is 6.08. The Morgan fingerprint density at radius 3 is 1.27 bits per heavy atom. The number of halogens is 2. The molecule has 2 amide bonds. The fourth-order valence-electron chi connectivity index (χ4n) is 2.33. The first kappa shape index (κ1) is 21.6. The van der Waals surface area contributed by atoms with Crippen molar-refractivity contribution in [3.05, 3.63) is 104 Å². The van der Waals surface area contributed by atoms with Gasteiger partial charge in [-0.1, -0.05) is 56.1 Å². The average molecular weight is 528 g/mol. The quantitative estimate of drug-likeness (QED) is 0.358. The number of hydrogen-bond donors (Lipinski definition) is 2. The molecule has 0 saturated carbocycles. The third-order valence-corrected chi connectivity index (χ3v) is 4.97. The number of hydrazone groups is 2. The molecule has 0 spiro atoms. The van der Waals surface area contributed by atoms with Crippen LogP contribution in [0.3, 0.4) is 0 Å². The summed E-state index contributed by atoms with van der Waals surface area (Å²) in [6.07, 6.45) is 3.10. The van der Waals surface area contributed by atoms with E-state index in [4.69, 9.17) is 0 Å². The van der Waals surface area contributed by atoms with Gasteiger partial charge in [0.25, 0.3) is 11.8 Å². The number of rotatable bonds is 6. The zero-order valence-corrected chi connectivity index (χ0v) is 18.7. The maximum atomic E-state index is 12.0. The van der Waals surface area contributed by atoms with Crippen LogP contribution in [0.5, 0.6) is 0 Å². The number of nitrogens with one attached hydrogen (secondary N) is 2. The highest BCUT2D eigenvalue weighted by Gasteiger charge is 2.04. The van der Waals surface area contributed by atoms with Crippen LogP contribution in [0.1, 0.15) is 31.8 Å². The third kappa shape index (κ3) is 6.47. The van der Waals surface area contributed by atoms with Crippen LogP contribution < -0.4 is 10.9 Å². The molecule has 0 unspecified atom stereocenters. The van der Waals surface area contributed by atoms with Gasteiger partial charge in [-0.15, -0.1) is 0 Å². The zero-order valence-electron chi connectivity index (χ0n) is 15.5. The highest BCUT2D eigenvalue weighted by molar-refractivity contribution is 9.10. The first-order valence-electron chi connectivity index (χ1n) is 8.79. The normalized spacial score (nSPS) is 11.0. The lowest BCUT2D eigenvalue weighted by atomic mass is 10.2. The Morgan fingerprint density at radius 1 is 0.600 bits per heavy atom. The predicted octanol–water partition coefficient (Wildman–Crippen LogP) is 4.74. The van der Waals surface area contributed by atoms with Gasteiger partial charge in [-0.3, -0.25) is 9.59 Å². The van der Waals surface area contributed by atoms with Crippen LogP contribution in [0.2, 0.25) is 0 Å². The minimum Gasteiger partial charge on any atom is -0.267 e. The fourth-order valence-corrected chi connectivity index (χ4v) is 2.86. The molecule has 150 valence electrons. The summed E-state index contributed by atoms with van der Waals surface area (Å²) in [5.41, 5.74) is 7.63. The maximum Gasteiger partial charge on any atom is 0.271 e. The fraction of sp³-hybridized carbons (Fsp3) is 0. The Morgan fingerprint density at radius 2 is 0.933 bits per heavy atom. The standard InChI is InChI=1S/C22H16Br2N4O2/c23-19-9-5-17(6-10-19)21(29)27-25-13-15-1-2-16(4-3-15)14-26-28-22(30)18-7-11-20(24)12-8-18/h1-14H,(H,27,29)(H,28,30). The molecule has 0 atom stereocenters. The van der Waals surface area contributed by atoms with Gasteiger partial charge in [-0.2, -0.15) is 10.2 Å². The van der Waals surface area contributed by atoms with Gasteiger partial charge in [0.2, 0.25) is 0 Å². The predicted molar refractivity (Wildman–Crippen MR) is 125 cm³/mol. The molecule has 0 aliphatic rings. The Balaban J connectivity index is 1.50. The Hall–Kier alpha value is -3.10. The molecule has 3 rings (SSSR count). The van der Waals surface area contributed by atoms with Crippen LogP contribution in [0.4, 0.5) is 0 Å². The summed E-state index contributed by atoms with van der Waals surface area (Å²) in [6, 6.07) is 21.3. The summed E-state index contributed by atoms with van der Waals surface area (Å²) >= 11 is 6.65. The van der Waals surface area contributed by atoms with Crippen LogP contribution in [0, 0.1) is 0 Å². The highest BCUT2D eigenvalue weighted by Crippen LogP contribution is 2.11. The zero-order chi connectivity index (χ0) is 21.3. The molecule has 6 nitrogen and oxygen atoms in total. The SMILES string of the molecule is O=C(NN=Cc1ccc(C=NNC(=O)c2ccc(Br)cc2)cc1)c1ccc(Br)cc1. The minimum atomic E-state index is -0.288. The van der Waals surface area contributed by atoms with Crippen LogP contribution >= 0.6 is 31.9 Å². The summed E-state index contributed by atoms with van der Waals surface area (Å²) in [6.45, 7) is 0. The van der Waals surface area contributed by atoms with Crippen molar-refractivity contribution in [2.45, 2.75) is 0 Å². The summed E-state index contributed by atoms with van der Waals surface area (Å²) in [7, 11) is 0. The van der Waals surface area contributed by atoms with Crippen molar-refractivity contribution in [1.29, 1.82) is 0 Å². The smallest absolute Gasteiger partial charge is 0.267 e. The molecular formula is C22H16Br2N4O2.